The molecule has 1 fully saturated rings. The lowest BCUT2D eigenvalue weighted by atomic mass is 9.75. The number of thiazole rings is 1. The summed E-state index contributed by atoms with van der Waals surface area (Å²) in [4.78, 5) is 35.8. The number of nitrogens with one attached hydrogen (secondary N) is 2. The molecule has 4 rings (SSSR count). The van der Waals surface area contributed by atoms with Crippen LogP contribution >= 0.6 is 11.3 Å². The summed E-state index contributed by atoms with van der Waals surface area (Å²) in [5.41, 5.74) is 3.72. The molecule has 1 aliphatic heterocycles. The van der Waals surface area contributed by atoms with E-state index < -0.39 is 0 Å². The van der Waals surface area contributed by atoms with E-state index in [1.165, 1.54) is 17.8 Å². The summed E-state index contributed by atoms with van der Waals surface area (Å²) >= 11 is 1.45. The number of anilines is 1. The van der Waals surface area contributed by atoms with E-state index in [4.69, 9.17) is 0 Å². The number of nitrogens with zero attached hydrogens (tertiary/aromatic N) is 2. The van der Waals surface area contributed by atoms with Crippen LogP contribution in [0.3, 0.4) is 0 Å². The van der Waals surface area contributed by atoms with E-state index in [1.54, 1.807) is 0 Å². The number of hydrogen-bond acceptors (Lipinski definition) is 5. The smallest absolute Gasteiger partial charge is 0.274 e. The van der Waals surface area contributed by atoms with Gasteiger partial charge in [0, 0.05) is 42.7 Å². The SMILES string of the molecule is Cc1c(C(=O)Nc2nc(CN3C[C@H](C)C[C@H](C)C3)cs2)[nH]c2c1C(=O)CC(C)(C)C2. The van der Waals surface area contributed by atoms with Gasteiger partial charge in [0.05, 0.1) is 5.69 Å². The minimum absolute atomic E-state index is 0.0806. The van der Waals surface area contributed by atoms with Crippen LogP contribution in [0.2, 0.25) is 0 Å². The molecule has 0 saturated carbocycles. The zero-order valence-electron chi connectivity index (χ0n) is 18.6. The van der Waals surface area contributed by atoms with Crippen LogP contribution in [0.1, 0.15) is 78.3 Å². The monoisotopic (exact) mass is 428 g/mol. The highest BCUT2D eigenvalue weighted by atomic mass is 32.1. The minimum Gasteiger partial charge on any atom is -0.354 e. The molecule has 3 heterocycles. The second kappa shape index (κ2) is 7.93. The van der Waals surface area contributed by atoms with E-state index in [1.807, 2.05) is 12.3 Å². The number of hydrogen-bond donors (Lipinski definition) is 2. The highest BCUT2D eigenvalue weighted by Crippen LogP contribution is 2.37. The van der Waals surface area contributed by atoms with Crippen LogP contribution < -0.4 is 5.32 Å². The number of aromatic nitrogens is 2. The average molecular weight is 429 g/mol. The maximum absolute atomic E-state index is 12.9. The number of likely N-dealkylation sites (tertiary alicyclic amines) is 1. The van der Waals surface area contributed by atoms with Crippen molar-refractivity contribution in [2.45, 2.75) is 60.4 Å². The molecule has 0 aromatic carbocycles. The van der Waals surface area contributed by atoms with Crippen LogP contribution in [0, 0.1) is 24.2 Å². The Morgan fingerprint density at radius 3 is 2.70 bits per heavy atom. The number of aromatic amines is 1. The predicted octanol–water partition coefficient (Wildman–Crippen LogP) is 4.66. The Morgan fingerprint density at radius 2 is 2.00 bits per heavy atom. The second-order valence-corrected chi connectivity index (χ2v) is 11.0. The van der Waals surface area contributed by atoms with Crippen molar-refractivity contribution in [3.8, 4) is 0 Å². The highest BCUT2D eigenvalue weighted by molar-refractivity contribution is 7.14. The van der Waals surface area contributed by atoms with Crippen LogP contribution in [-0.2, 0) is 13.0 Å². The number of ketones is 1. The molecule has 2 N–H and O–H groups in total. The van der Waals surface area contributed by atoms with Gasteiger partial charge in [-0.1, -0.05) is 27.7 Å². The zero-order valence-corrected chi connectivity index (χ0v) is 19.4. The maximum atomic E-state index is 12.9. The number of carbonyl (C=O) groups is 2. The van der Waals surface area contributed by atoms with E-state index in [0.717, 1.165) is 43.0 Å². The van der Waals surface area contributed by atoms with Gasteiger partial charge in [0.25, 0.3) is 5.91 Å². The first-order valence-electron chi connectivity index (χ1n) is 10.8. The Labute approximate surface area is 182 Å². The fourth-order valence-corrected chi connectivity index (χ4v) is 5.90. The summed E-state index contributed by atoms with van der Waals surface area (Å²) in [6.07, 6.45) is 2.58. The molecule has 1 saturated heterocycles. The van der Waals surface area contributed by atoms with Gasteiger partial charge >= 0.3 is 0 Å². The first kappa shape index (κ1) is 21.2. The van der Waals surface area contributed by atoms with E-state index in [0.29, 0.717) is 34.6 Å². The number of Topliss-reactive ketones (excluding diaryl/α,β-unsaturated/α-hetero) is 1. The number of carbonyl (C=O) groups excluding carboxylic acids is 2. The summed E-state index contributed by atoms with van der Waals surface area (Å²) in [6, 6.07) is 0. The van der Waals surface area contributed by atoms with Gasteiger partial charge in [-0.3, -0.25) is 19.8 Å². The molecule has 6 nitrogen and oxygen atoms in total. The lowest BCUT2D eigenvalue weighted by molar-refractivity contribution is 0.0910. The van der Waals surface area contributed by atoms with Gasteiger partial charge < -0.3 is 4.98 Å². The Balaban J connectivity index is 1.45. The van der Waals surface area contributed by atoms with Crippen molar-refractivity contribution in [2.24, 2.45) is 17.3 Å². The molecule has 0 spiro atoms. The van der Waals surface area contributed by atoms with Crippen molar-refractivity contribution < 1.29 is 9.59 Å². The van der Waals surface area contributed by atoms with Crippen LogP contribution in [0.25, 0.3) is 0 Å². The molecule has 2 aromatic heterocycles. The van der Waals surface area contributed by atoms with Crippen LogP contribution in [0.15, 0.2) is 5.38 Å². The van der Waals surface area contributed by atoms with E-state index >= 15 is 0 Å². The molecule has 2 aliphatic rings. The molecule has 162 valence electrons. The van der Waals surface area contributed by atoms with Crippen molar-refractivity contribution in [1.82, 2.24) is 14.9 Å². The minimum atomic E-state index is -0.228. The molecule has 2 aromatic rings. The molecule has 7 heteroatoms. The fraction of sp³-hybridized carbons (Fsp3) is 0.609. The standard InChI is InChI=1S/C23H32N4O2S/c1-13-6-14(2)10-27(9-13)11-16-12-30-22(24-16)26-21(29)20-15(3)19-17(25-20)7-23(4,5)8-18(19)28/h12-14,25H,6-11H2,1-5H3,(H,24,26,29)/t13-,14+. The molecule has 0 unspecified atom stereocenters. The summed E-state index contributed by atoms with van der Waals surface area (Å²) < 4.78 is 0. The lowest BCUT2D eigenvalue weighted by Gasteiger charge is -2.34. The predicted molar refractivity (Wildman–Crippen MR) is 120 cm³/mol. The van der Waals surface area contributed by atoms with Gasteiger partial charge in [0.1, 0.15) is 5.69 Å². The number of piperidine rings is 1. The Bertz CT molecular complexity index is 964. The molecular formula is C23H32N4O2S. The zero-order chi connectivity index (χ0) is 21.6. The summed E-state index contributed by atoms with van der Waals surface area (Å²) in [6.45, 7) is 13.7. The van der Waals surface area contributed by atoms with Gasteiger partial charge in [-0.25, -0.2) is 4.98 Å². The average Bonchev–Trinajstić information content (AvgIpc) is 3.17. The van der Waals surface area contributed by atoms with E-state index in [-0.39, 0.29) is 17.1 Å². The summed E-state index contributed by atoms with van der Waals surface area (Å²) in [5.74, 6) is 1.31. The first-order valence-corrected chi connectivity index (χ1v) is 11.7. The van der Waals surface area contributed by atoms with Crippen LogP contribution in [-0.4, -0.2) is 39.6 Å². The van der Waals surface area contributed by atoms with Gasteiger partial charge in [-0.05, 0) is 42.6 Å². The Morgan fingerprint density at radius 1 is 1.30 bits per heavy atom. The lowest BCUT2D eigenvalue weighted by Crippen LogP contribution is -2.38. The number of rotatable bonds is 4. The van der Waals surface area contributed by atoms with Gasteiger partial charge in [-0.15, -0.1) is 11.3 Å². The normalized spacial score (nSPS) is 24.0. The van der Waals surface area contributed by atoms with Crippen molar-refractivity contribution in [1.29, 1.82) is 0 Å². The first-order chi connectivity index (χ1) is 14.1. The van der Waals surface area contributed by atoms with Crippen LogP contribution in [0.5, 0.6) is 0 Å². The third-order valence-corrected chi connectivity index (χ3v) is 7.04. The van der Waals surface area contributed by atoms with E-state index in [2.05, 4.69) is 47.9 Å². The van der Waals surface area contributed by atoms with Crippen LogP contribution in [0.4, 0.5) is 5.13 Å². The molecule has 0 radical (unpaired) electrons. The molecule has 0 bridgehead atoms. The van der Waals surface area contributed by atoms with Crippen molar-refractivity contribution >= 4 is 28.2 Å². The van der Waals surface area contributed by atoms with Gasteiger partial charge in [0.15, 0.2) is 10.9 Å². The highest BCUT2D eigenvalue weighted by Gasteiger charge is 2.35. The van der Waals surface area contributed by atoms with Crippen molar-refractivity contribution in [3.05, 3.63) is 33.6 Å². The third kappa shape index (κ3) is 4.37. The number of amides is 1. The molecular weight excluding hydrogens is 396 g/mol. The maximum Gasteiger partial charge on any atom is 0.274 e. The van der Waals surface area contributed by atoms with Gasteiger partial charge in [-0.2, -0.15) is 0 Å². The number of H-pyrrole nitrogens is 1. The van der Waals surface area contributed by atoms with Crippen molar-refractivity contribution in [2.75, 3.05) is 18.4 Å². The molecule has 1 aliphatic carbocycles. The third-order valence-electron chi connectivity index (χ3n) is 6.23. The topological polar surface area (TPSA) is 78.1 Å². The quantitative estimate of drug-likeness (QED) is 0.742. The Kier molecular flexibility index (Phi) is 5.62. The second-order valence-electron chi connectivity index (χ2n) is 10.2. The molecule has 30 heavy (non-hydrogen) atoms. The number of fused-ring (bicyclic) bond motifs is 1. The fourth-order valence-electron chi connectivity index (χ4n) is 5.21. The van der Waals surface area contributed by atoms with Gasteiger partial charge in [0.2, 0.25) is 0 Å². The summed E-state index contributed by atoms with van der Waals surface area (Å²) in [5, 5.41) is 5.56. The largest absolute Gasteiger partial charge is 0.354 e. The Hall–Kier alpha value is -1.99. The van der Waals surface area contributed by atoms with E-state index in [9.17, 15) is 9.59 Å². The molecule has 1 amide bonds. The summed E-state index contributed by atoms with van der Waals surface area (Å²) in [7, 11) is 0. The molecule has 2 atom stereocenters. The van der Waals surface area contributed by atoms with Crippen molar-refractivity contribution in [3.63, 3.8) is 0 Å².